The molecule has 1 aromatic carbocycles. The summed E-state index contributed by atoms with van der Waals surface area (Å²) in [5.41, 5.74) is 7.80. The van der Waals surface area contributed by atoms with Crippen LogP contribution in [-0.4, -0.2) is 24.5 Å². The zero-order chi connectivity index (χ0) is 15.1. The van der Waals surface area contributed by atoms with E-state index in [1.54, 1.807) is 0 Å². The molecule has 0 bridgehead atoms. The van der Waals surface area contributed by atoms with Crippen molar-refractivity contribution < 1.29 is 4.79 Å². The number of anilines is 1. The Labute approximate surface area is 149 Å². The highest BCUT2D eigenvalue weighted by atomic mass is 127. The second-order valence-electron chi connectivity index (χ2n) is 5.43. The van der Waals surface area contributed by atoms with Crippen molar-refractivity contribution in [3.63, 3.8) is 0 Å². The third-order valence-electron chi connectivity index (χ3n) is 3.72. The SMILES string of the molecule is CCc1cccc(NC(=O)CN=C(N)NC2CCCC2)c1.I. The molecule has 0 spiro atoms. The molecule has 122 valence electrons. The Morgan fingerprint density at radius 3 is 2.77 bits per heavy atom. The first-order chi connectivity index (χ1) is 10.2. The van der Waals surface area contributed by atoms with Gasteiger partial charge in [-0.15, -0.1) is 24.0 Å². The van der Waals surface area contributed by atoms with Gasteiger partial charge in [-0.05, 0) is 37.0 Å². The summed E-state index contributed by atoms with van der Waals surface area (Å²) in [5, 5.41) is 6.00. The number of guanidine groups is 1. The highest BCUT2D eigenvalue weighted by molar-refractivity contribution is 14.0. The van der Waals surface area contributed by atoms with Gasteiger partial charge in [-0.3, -0.25) is 4.79 Å². The predicted molar refractivity (Wildman–Crippen MR) is 102 cm³/mol. The lowest BCUT2D eigenvalue weighted by Gasteiger charge is -2.12. The monoisotopic (exact) mass is 416 g/mol. The molecule has 1 aromatic rings. The van der Waals surface area contributed by atoms with Gasteiger partial charge in [0.25, 0.3) is 0 Å². The van der Waals surface area contributed by atoms with Gasteiger partial charge >= 0.3 is 0 Å². The van der Waals surface area contributed by atoms with Crippen molar-refractivity contribution in [2.45, 2.75) is 45.1 Å². The first-order valence-corrected chi connectivity index (χ1v) is 7.62. The highest BCUT2D eigenvalue weighted by Gasteiger charge is 2.14. The van der Waals surface area contributed by atoms with E-state index in [0.717, 1.165) is 24.9 Å². The van der Waals surface area contributed by atoms with Crippen LogP contribution in [0.25, 0.3) is 0 Å². The standard InChI is InChI=1S/C16H24N4O.HI/c1-2-12-6-5-9-14(10-12)19-15(21)11-18-16(17)20-13-7-3-4-8-13;/h5-6,9-10,13H,2-4,7-8,11H2,1H3,(H,19,21)(H3,17,18,20);1H. The van der Waals surface area contributed by atoms with Gasteiger partial charge in [-0.25, -0.2) is 4.99 Å². The van der Waals surface area contributed by atoms with Crippen molar-refractivity contribution in [3.8, 4) is 0 Å². The Balaban J connectivity index is 0.00000242. The maximum absolute atomic E-state index is 11.9. The van der Waals surface area contributed by atoms with E-state index in [1.807, 2.05) is 24.3 Å². The first kappa shape index (κ1) is 18.7. The molecule has 1 aliphatic carbocycles. The van der Waals surface area contributed by atoms with Gasteiger partial charge in [-0.1, -0.05) is 31.9 Å². The number of aryl methyl sites for hydroxylation is 1. The van der Waals surface area contributed by atoms with E-state index in [4.69, 9.17) is 5.73 Å². The largest absolute Gasteiger partial charge is 0.370 e. The lowest BCUT2D eigenvalue weighted by Crippen LogP contribution is -2.39. The van der Waals surface area contributed by atoms with Crippen LogP contribution in [0.15, 0.2) is 29.3 Å². The minimum atomic E-state index is -0.153. The van der Waals surface area contributed by atoms with Crippen LogP contribution in [0, 0.1) is 0 Å². The van der Waals surface area contributed by atoms with Crippen molar-refractivity contribution in [3.05, 3.63) is 29.8 Å². The Morgan fingerprint density at radius 2 is 2.09 bits per heavy atom. The Morgan fingerprint density at radius 1 is 1.36 bits per heavy atom. The van der Waals surface area contributed by atoms with E-state index in [9.17, 15) is 4.79 Å². The highest BCUT2D eigenvalue weighted by Crippen LogP contribution is 2.17. The molecular weight excluding hydrogens is 391 g/mol. The van der Waals surface area contributed by atoms with Gasteiger partial charge in [0.2, 0.25) is 5.91 Å². The van der Waals surface area contributed by atoms with E-state index < -0.39 is 0 Å². The Bertz CT molecular complexity index is 513. The summed E-state index contributed by atoms with van der Waals surface area (Å²) < 4.78 is 0. The lowest BCUT2D eigenvalue weighted by molar-refractivity contribution is -0.114. The molecule has 0 saturated heterocycles. The normalized spacial score (nSPS) is 15.2. The molecule has 1 aliphatic rings. The van der Waals surface area contributed by atoms with Crippen molar-refractivity contribution in [1.82, 2.24) is 5.32 Å². The fourth-order valence-corrected chi connectivity index (χ4v) is 2.55. The van der Waals surface area contributed by atoms with Gasteiger partial charge in [0, 0.05) is 11.7 Å². The summed E-state index contributed by atoms with van der Waals surface area (Å²) in [7, 11) is 0. The van der Waals surface area contributed by atoms with Gasteiger partial charge in [0.15, 0.2) is 5.96 Å². The molecule has 1 saturated carbocycles. The molecule has 5 nitrogen and oxygen atoms in total. The average molecular weight is 416 g/mol. The molecular formula is C16H25IN4O. The third kappa shape index (κ3) is 6.21. The van der Waals surface area contributed by atoms with E-state index >= 15 is 0 Å². The van der Waals surface area contributed by atoms with Crippen molar-refractivity contribution >= 4 is 41.5 Å². The van der Waals surface area contributed by atoms with E-state index in [-0.39, 0.29) is 36.4 Å². The first-order valence-electron chi connectivity index (χ1n) is 7.62. The van der Waals surface area contributed by atoms with Crippen LogP contribution in [0.1, 0.15) is 38.2 Å². The van der Waals surface area contributed by atoms with Crippen LogP contribution in [0.4, 0.5) is 5.69 Å². The molecule has 0 atom stereocenters. The number of hydrogen-bond acceptors (Lipinski definition) is 2. The fourth-order valence-electron chi connectivity index (χ4n) is 2.55. The average Bonchev–Trinajstić information content (AvgIpc) is 2.98. The van der Waals surface area contributed by atoms with E-state index in [2.05, 4.69) is 22.5 Å². The molecule has 0 radical (unpaired) electrons. The summed E-state index contributed by atoms with van der Waals surface area (Å²) in [4.78, 5) is 15.9. The molecule has 6 heteroatoms. The lowest BCUT2D eigenvalue weighted by atomic mass is 10.1. The van der Waals surface area contributed by atoms with Crippen molar-refractivity contribution in [1.29, 1.82) is 0 Å². The second-order valence-corrected chi connectivity index (χ2v) is 5.43. The Kier molecular flexibility index (Phi) is 8.22. The maximum Gasteiger partial charge on any atom is 0.246 e. The molecule has 0 unspecified atom stereocenters. The van der Waals surface area contributed by atoms with Crippen molar-refractivity contribution in [2.24, 2.45) is 10.7 Å². The van der Waals surface area contributed by atoms with Crippen LogP contribution in [0.3, 0.4) is 0 Å². The summed E-state index contributed by atoms with van der Waals surface area (Å²) in [5.74, 6) is 0.207. The Hall–Kier alpha value is -1.31. The molecule has 0 aliphatic heterocycles. The number of nitrogens with one attached hydrogen (secondary N) is 2. The topological polar surface area (TPSA) is 79.5 Å². The number of aliphatic imine (C=N–C) groups is 1. The molecule has 0 heterocycles. The van der Waals surface area contributed by atoms with Gasteiger partial charge in [-0.2, -0.15) is 0 Å². The molecule has 1 fully saturated rings. The summed E-state index contributed by atoms with van der Waals surface area (Å²) in [6, 6.07) is 8.24. The number of nitrogens with zero attached hydrogens (tertiary/aromatic N) is 1. The number of carbonyl (C=O) groups excluding carboxylic acids is 1. The van der Waals surface area contributed by atoms with Gasteiger partial charge < -0.3 is 16.4 Å². The zero-order valence-corrected chi connectivity index (χ0v) is 15.3. The quantitative estimate of drug-likeness (QED) is 0.392. The van der Waals surface area contributed by atoms with Crippen LogP contribution in [-0.2, 0) is 11.2 Å². The number of benzene rings is 1. The third-order valence-corrected chi connectivity index (χ3v) is 3.72. The second kappa shape index (κ2) is 9.66. The molecule has 2 rings (SSSR count). The summed E-state index contributed by atoms with van der Waals surface area (Å²) in [6.45, 7) is 2.13. The molecule has 0 aromatic heterocycles. The minimum absolute atomic E-state index is 0. The van der Waals surface area contributed by atoms with Crippen LogP contribution in [0.5, 0.6) is 0 Å². The smallest absolute Gasteiger partial charge is 0.246 e. The number of amides is 1. The van der Waals surface area contributed by atoms with Crippen LogP contribution < -0.4 is 16.4 Å². The summed E-state index contributed by atoms with van der Waals surface area (Å²) >= 11 is 0. The van der Waals surface area contributed by atoms with Crippen molar-refractivity contribution in [2.75, 3.05) is 11.9 Å². The number of rotatable bonds is 5. The zero-order valence-electron chi connectivity index (χ0n) is 13.0. The molecule has 1 amide bonds. The van der Waals surface area contributed by atoms with E-state index in [0.29, 0.717) is 12.0 Å². The number of nitrogens with two attached hydrogens (primary N) is 1. The number of halogens is 1. The van der Waals surface area contributed by atoms with E-state index in [1.165, 1.54) is 18.4 Å². The number of carbonyl (C=O) groups is 1. The molecule has 22 heavy (non-hydrogen) atoms. The van der Waals surface area contributed by atoms with Crippen LogP contribution in [0.2, 0.25) is 0 Å². The fraction of sp³-hybridized carbons (Fsp3) is 0.500. The minimum Gasteiger partial charge on any atom is -0.370 e. The van der Waals surface area contributed by atoms with Crippen LogP contribution >= 0.6 is 24.0 Å². The van der Waals surface area contributed by atoms with Gasteiger partial charge in [0.05, 0.1) is 0 Å². The number of hydrogen-bond donors (Lipinski definition) is 3. The molecule has 4 N–H and O–H groups in total. The predicted octanol–water partition coefficient (Wildman–Crippen LogP) is 2.65. The van der Waals surface area contributed by atoms with Gasteiger partial charge in [0.1, 0.15) is 6.54 Å². The maximum atomic E-state index is 11.9. The summed E-state index contributed by atoms with van der Waals surface area (Å²) in [6.07, 6.45) is 5.68.